The minimum atomic E-state index is -1.43. The molecule has 2 fully saturated rings. The van der Waals surface area contributed by atoms with Crippen LogP contribution in [-0.2, 0) is 4.79 Å². The number of benzene rings is 2. The number of aliphatic hydroxyl groups is 1. The average Bonchev–Trinajstić information content (AvgIpc) is 3.66. The first kappa shape index (κ1) is 24.3. The fourth-order valence-electron chi connectivity index (χ4n) is 4.99. The quantitative estimate of drug-likeness (QED) is 0.373. The van der Waals surface area contributed by atoms with E-state index in [0.717, 1.165) is 40.6 Å². The van der Waals surface area contributed by atoms with Crippen LogP contribution in [0.5, 0.6) is 0 Å². The fraction of sp³-hybridized carbons (Fsp3) is 0.393. The number of rotatable bonds is 5. The molecule has 10 nitrogen and oxygen atoms in total. The van der Waals surface area contributed by atoms with Crippen molar-refractivity contribution in [2.75, 3.05) is 31.5 Å². The molecule has 38 heavy (non-hydrogen) atoms. The van der Waals surface area contributed by atoms with Gasteiger partial charge >= 0.3 is 0 Å². The van der Waals surface area contributed by atoms with Crippen LogP contribution in [0.2, 0.25) is 0 Å². The third kappa shape index (κ3) is 4.56. The van der Waals surface area contributed by atoms with Gasteiger partial charge < -0.3 is 25.2 Å². The van der Waals surface area contributed by atoms with Gasteiger partial charge in [0.2, 0.25) is 5.95 Å². The maximum Gasteiger partial charge on any atom is 0.256 e. The summed E-state index contributed by atoms with van der Waals surface area (Å²) in [5, 5.41) is 14.3. The van der Waals surface area contributed by atoms with Gasteiger partial charge in [0.1, 0.15) is 16.9 Å². The van der Waals surface area contributed by atoms with Crippen molar-refractivity contribution in [1.29, 1.82) is 0 Å². The Morgan fingerprint density at radius 2 is 1.79 bits per heavy atom. The first-order chi connectivity index (χ1) is 18.2. The molecule has 2 aliphatic rings. The maximum absolute atomic E-state index is 13.8. The summed E-state index contributed by atoms with van der Waals surface area (Å²) in [6.45, 7) is 6.48. The van der Waals surface area contributed by atoms with Gasteiger partial charge in [-0.15, -0.1) is 0 Å². The van der Waals surface area contributed by atoms with E-state index in [4.69, 9.17) is 9.97 Å². The number of fused-ring (bicyclic) bond motifs is 2. The molecule has 0 radical (unpaired) electrons. The highest BCUT2D eigenvalue weighted by Crippen LogP contribution is 2.40. The number of anilines is 2. The highest BCUT2D eigenvalue weighted by Gasteiger charge is 2.34. The molecular formula is C28H31N7O3. The zero-order valence-electron chi connectivity index (χ0n) is 21.8. The van der Waals surface area contributed by atoms with E-state index >= 15 is 0 Å². The Labute approximate surface area is 220 Å². The SMILES string of the molecule is Cc1cccc2cnc(Nc3cc(C(=O)N4CCN(C(=O)C(C)(C)O)CC4)c4nc(C5CC5)[nH]c4c3)nc12. The van der Waals surface area contributed by atoms with E-state index in [9.17, 15) is 14.7 Å². The van der Waals surface area contributed by atoms with E-state index < -0.39 is 5.60 Å². The van der Waals surface area contributed by atoms with E-state index in [1.54, 1.807) is 16.0 Å². The van der Waals surface area contributed by atoms with Crippen LogP contribution in [0.15, 0.2) is 36.5 Å². The number of amides is 2. The van der Waals surface area contributed by atoms with Crippen molar-refractivity contribution in [2.24, 2.45) is 0 Å². The van der Waals surface area contributed by atoms with Gasteiger partial charge in [-0.05, 0) is 51.3 Å². The number of carbonyl (C=O) groups is 2. The number of hydrogen-bond donors (Lipinski definition) is 3. The third-order valence-corrected chi connectivity index (χ3v) is 7.25. The molecule has 6 rings (SSSR count). The van der Waals surface area contributed by atoms with Gasteiger partial charge in [0.05, 0.1) is 16.6 Å². The Kier molecular flexibility index (Phi) is 5.79. The first-order valence-corrected chi connectivity index (χ1v) is 13.0. The van der Waals surface area contributed by atoms with Gasteiger partial charge in [-0.25, -0.2) is 15.0 Å². The number of hydrogen-bond acceptors (Lipinski definition) is 7. The maximum atomic E-state index is 13.8. The molecule has 0 atom stereocenters. The van der Waals surface area contributed by atoms with Crippen LogP contribution in [0.25, 0.3) is 21.9 Å². The molecule has 10 heteroatoms. The summed E-state index contributed by atoms with van der Waals surface area (Å²) >= 11 is 0. The second-order valence-electron chi connectivity index (χ2n) is 10.8. The number of H-pyrrole nitrogens is 1. The van der Waals surface area contributed by atoms with Crippen LogP contribution in [0.1, 0.15) is 54.4 Å². The standard InChI is InChI=1S/C28H31N7O3/c1-16-5-4-6-18-15-29-27(33-22(16)18)30-19-13-20(23-21(14-19)31-24(32-23)17-7-8-17)25(36)34-9-11-35(12-10-34)26(37)28(2,3)38/h4-6,13-15,17,38H,7-12H2,1-3H3,(H,31,32)(H,29,30,33). The number of nitrogens with one attached hydrogen (secondary N) is 2. The zero-order valence-corrected chi connectivity index (χ0v) is 21.8. The van der Waals surface area contributed by atoms with Crippen LogP contribution in [-0.4, -0.2) is 78.4 Å². The van der Waals surface area contributed by atoms with E-state index in [-0.39, 0.29) is 11.8 Å². The molecule has 3 heterocycles. The number of piperazine rings is 1. The lowest BCUT2D eigenvalue weighted by Crippen LogP contribution is -2.55. The summed E-state index contributed by atoms with van der Waals surface area (Å²) in [7, 11) is 0. The Bertz CT molecular complexity index is 1560. The van der Waals surface area contributed by atoms with Crippen molar-refractivity contribution in [1.82, 2.24) is 29.7 Å². The highest BCUT2D eigenvalue weighted by molar-refractivity contribution is 6.06. The van der Waals surface area contributed by atoms with Crippen LogP contribution in [0.3, 0.4) is 0 Å². The molecule has 1 aliphatic heterocycles. The monoisotopic (exact) mass is 513 g/mol. The number of aromatic amines is 1. The summed E-state index contributed by atoms with van der Waals surface area (Å²) in [5.41, 5.74) is 3.11. The van der Waals surface area contributed by atoms with Gasteiger partial charge in [-0.2, -0.15) is 0 Å². The smallest absolute Gasteiger partial charge is 0.256 e. The molecule has 0 spiro atoms. The molecular weight excluding hydrogens is 482 g/mol. The molecule has 1 saturated carbocycles. The second kappa shape index (κ2) is 9.05. The topological polar surface area (TPSA) is 127 Å². The summed E-state index contributed by atoms with van der Waals surface area (Å²) in [5.74, 6) is 1.29. The molecule has 2 amide bonds. The number of aryl methyl sites for hydroxylation is 1. The lowest BCUT2D eigenvalue weighted by atomic mass is 10.1. The molecule has 4 aromatic rings. The number of nitrogens with zero attached hydrogens (tertiary/aromatic N) is 5. The lowest BCUT2D eigenvalue weighted by molar-refractivity contribution is -0.149. The fourth-order valence-corrected chi connectivity index (χ4v) is 4.99. The second-order valence-corrected chi connectivity index (χ2v) is 10.8. The molecule has 1 aliphatic carbocycles. The van der Waals surface area contributed by atoms with Crippen molar-refractivity contribution >= 4 is 45.4 Å². The van der Waals surface area contributed by atoms with E-state index in [0.29, 0.717) is 54.8 Å². The van der Waals surface area contributed by atoms with E-state index in [2.05, 4.69) is 15.3 Å². The predicted octanol–water partition coefficient (Wildman–Crippen LogP) is 3.49. The predicted molar refractivity (Wildman–Crippen MR) is 144 cm³/mol. The normalized spacial score (nSPS) is 16.3. The van der Waals surface area contributed by atoms with Gasteiger partial charge in [0.25, 0.3) is 11.8 Å². The zero-order chi connectivity index (χ0) is 26.6. The van der Waals surface area contributed by atoms with Gasteiger partial charge in [-0.3, -0.25) is 9.59 Å². The van der Waals surface area contributed by atoms with E-state index in [1.807, 2.05) is 37.3 Å². The largest absolute Gasteiger partial charge is 0.381 e. The number of carbonyl (C=O) groups excluding carboxylic acids is 2. The first-order valence-electron chi connectivity index (χ1n) is 13.0. The van der Waals surface area contributed by atoms with Gasteiger partial charge in [-0.1, -0.05) is 18.2 Å². The summed E-state index contributed by atoms with van der Waals surface area (Å²) in [4.78, 5) is 47.0. The summed E-state index contributed by atoms with van der Waals surface area (Å²) in [6.07, 6.45) is 3.98. The summed E-state index contributed by atoms with van der Waals surface area (Å²) < 4.78 is 0. The number of imidazole rings is 1. The molecule has 196 valence electrons. The van der Waals surface area contributed by atoms with Crippen LogP contribution < -0.4 is 5.32 Å². The Hall–Kier alpha value is -4.05. The van der Waals surface area contributed by atoms with Crippen molar-refractivity contribution in [3.63, 3.8) is 0 Å². The minimum Gasteiger partial charge on any atom is -0.381 e. The molecule has 3 N–H and O–H groups in total. The Balaban J connectivity index is 1.31. The van der Waals surface area contributed by atoms with Gasteiger partial charge in [0.15, 0.2) is 0 Å². The molecule has 2 aromatic heterocycles. The van der Waals surface area contributed by atoms with Crippen LogP contribution in [0.4, 0.5) is 11.6 Å². The van der Waals surface area contributed by atoms with Crippen molar-refractivity contribution in [3.05, 3.63) is 53.5 Å². The van der Waals surface area contributed by atoms with Crippen molar-refractivity contribution in [3.8, 4) is 0 Å². The van der Waals surface area contributed by atoms with Crippen molar-refractivity contribution in [2.45, 2.75) is 45.1 Å². The highest BCUT2D eigenvalue weighted by atomic mass is 16.3. The molecule has 1 saturated heterocycles. The minimum absolute atomic E-state index is 0.141. The van der Waals surface area contributed by atoms with E-state index in [1.165, 1.54) is 13.8 Å². The Morgan fingerprint density at radius 3 is 2.50 bits per heavy atom. The average molecular weight is 514 g/mol. The Morgan fingerprint density at radius 1 is 1.05 bits per heavy atom. The molecule has 0 bridgehead atoms. The molecule has 2 aromatic carbocycles. The van der Waals surface area contributed by atoms with Gasteiger partial charge in [0, 0.05) is 49.4 Å². The third-order valence-electron chi connectivity index (χ3n) is 7.25. The van der Waals surface area contributed by atoms with Crippen LogP contribution >= 0.6 is 0 Å². The van der Waals surface area contributed by atoms with Crippen LogP contribution in [0, 0.1) is 6.92 Å². The lowest BCUT2D eigenvalue weighted by Gasteiger charge is -2.37. The number of para-hydroxylation sites is 1. The number of aromatic nitrogens is 4. The molecule has 0 unspecified atom stereocenters. The summed E-state index contributed by atoms with van der Waals surface area (Å²) in [6, 6.07) is 9.73. The van der Waals surface area contributed by atoms with Crippen molar-refractivity contribution < 1.29 is 14.7 Å².